The maximum atomic E-state index is 11.7. The van der Waals surface area contributed by atoms with Gasteiger partial charge in [-0.2, -0.15) is 0 Å². The first-order valence-corrected chi connectivity index (χ1v) is 5.38. The Bertz CT molecular complexity index is 328. The summed E-state index contributed by atoms with van der Waals surface area (Å²) in [6.45, 7) is 5.07. The molecule has 1 rings (SSSR count). The molecule has 1 unspecified atom stereocenters. The number of ether oxygens (including phenoxy) is 1. The standard InChI is InChI=1S/C11H17NO5/c1-11(2,3)7(4-10(15)16)12-8(13)5-17-6-9(12)14/h7H,4-6H2,1-3H3,(H,15,16). The smallest absolute Gasteiger partial charge is 0.305 e. The van der Waals surface area contributed by atoms with Crippen LogP contribution in [-0.2, 0) is 19.1 Å². The average Bonchev–Trinajstić information content (AvgIpc) is 2.13. The van der Waals surface area contributed by atoms with Crippen molar-refractivity contribution in [2.24, 2.45) is 5.41 Å². The van der Waals surface area contributed by atoms with E-state index in [9.17, 15) is 14.4 Å². The van der Waals surface area contributed by atoms with Crippen LogP contribution in [0.1, 0.15) is 27.2 Å². The van der Waals surface area contributed by atoms with E-state index in [4.69, 9.17) is 9.84 Å². The molecule has 1 N–H and O–H groups in total. The predicted molar refractivity (Wildman–Crippen MR) is 58.2 cm³/mol. The fraction of sp³-hybridized carbons (Fsp3) is 0.727. The molecule has 0 aliphatic carbocycles. The maximum Gasteiger partial charge on any atom is 0.305 e. The number of morpholine rings is 1. The first-order valence-electron chi connectivity index (χ1n) is 5.38. The molecular formula is C11H17NO5. The minimum absolute atomic E-state index is 0.169. The number of rotatable bonds is 3. The van der Waals surface area contributed by atoms with Crippen molar-refractivity contribution in [1.29, 1.82) is 0 Å². The second-order valence-electron chi connectivity index (χ2n) is 5.13. The van der Waals surface area contributed by atoms with Gasteiger partial charge in [0.05, 0.1) is 12.5 Å². The molecule has 0 aromatic carbocycles. The number of amides is 2. The Morgan fingerprint density at radius 2 is 1.82 bits per heavy atom. The third-order valence-corrected chi connectivity index (χ3v) is 2.67. The minimum atomic E-state index is -1.03. The molecule has 6 heteroatoms. The molecule has 1 atom stereocenters. The highest BCUT2D eigenvalue weighted by molar-refractivity contribution is 5.99. The van der Waals surface area contributed by atoms with Crippen LogP contribution in [0.25, 0.3) is 0 Å². The summed E-state index contributed by atoms with van der Waals surface area (Å²) in [4.78, 5) is 35.2. The van der Waals surface area contributed by atoms with E-state index in [1.165, 1.54) is 0 Å². The van der Waals surface area contributed by atoms with Crippen LogP contribution in [0.5, 0.6) is 0 Å². The van der Waals surface area contributed by atoms with E-state index in [2.05, 4.69) is 0 Å². The summed E-state index contributed by atoms with van der Waals surface area (Å²) >= 11 is 0. The number of hydrogen-bond acceptors (Lipinski definition) is 4. The fourth-order valence-corrected chi connectivity index (χ4v) is 1.80. The van der Waals surface area contributed by atoms with Gasteiger partial charge in [-0.3, -0.25) is 19.3 Å². The molecule has 1 saturated heterocycles. The van der Waals surface area contributed by atoms with Gasteiger partial charge >= 0.3 is 5.97 Å². The lowest BCUT2D eigenvalue weighted by Gasteiger charge is -2.39. The molecule has 6 nitrogen and oxygen atoms in total. The number of aliphatic carboxylic acids is 1. The van der Waals surface area contributed by atoms with Crippen LogP contribution < -0.4 is 0 Å². The fourth-order valence-electron chi connectivity index (χ4n) is 1.80. The zero-order valence-corrected chi connectivity index (χ0v) is 10.2. The van der Waals surface area contributed by atoms with E-state index in [-0.39, 0.29) is 19.6 Å². The first-order chi connectivity index (χ1) is 7.73. The lowest BCUT2D eigenvalue weighted by molar-refractivity contribution is -0.165. The second-order valence-corrected chi connectivity index (χ2v) is 5.13. The SMILES string of the molecule is CC(C)(C)C(CC(=O)O)N1C(=O)COCC1=O. The lowest BCUT2D eigenvalue weighted by Crippen LogP contribution is -2.56. The van der Waals surface area contributed by atoms with Crippen LogP contribution in [0.2, 0.25) is 0 Å². The van der Waals surface area contributed by atoms with Crippen molar-refractivity contribution < 1.29 is 24.2 Å². The van der Waals surface area contributed by atoms with E-state index in [0.29, 0.717) is 0 Å². The number of carboxylic acids is 1. The van der Waals surface area contributed by atoms with Gasteiger partial charge in [0.15, 0.2) is 0 Å². The quantitative estimate of drug-likeness (QED) is 0.719. The molecule has 1 aliphatic rings. The van der Waals surface area contributed by atoms with Gasteiger partial charge < -0.3 is 9.84 Å². The van der Waals surface area contributed by atoms with Crippen molar-refractivity contribution in [3.63, 3.8) is 0 Å². The Morgan fingerprint density at radius 1 is 1.35 bits per heavy atom. The largest absolute Gasteiger partial charge is 0.481 e. The van der Waals surface area contributed by atoms with Gasteiger partial charge in [-0.25, -0.2) is 0 Å². The van der Waals surface area contributed by atoms with Crippen molar-refractivity contribution in [2.75, 3.05) is 13.2 Å². The van der Waals surface area contributed by atoms with Crippen molar-refractivity contribution >= 4 is 17.8 Å². The van der Waals surface area contributed by atoms with Crippen LogP contribution in [0, 0.1) is 5.41 Å². The van der Waals surface area contributed by atoms with Crippen molar-refractivity contribution in [3.8, 4) is 0 Å². The highest BCUT2D eigenvalue weighted by Crippen LogP contribution is 2.28. The van der Waals surface area contributed by atoms with Gasteiger partial charge in [-0.15, -0.1) is 0 Å². The number of hydrogen-bond donors (Lipinski definition) is 1. The minimum Gasteiger partial charge on any atom is -0.481 e. The van der Waals surface area contributed by atoms with E-state index in [0.717, 1.165) is 4.90 Å². The summed E-state index contributed by atoms with van der Waals surface area (Å²) in [5.74, 6) is -1.97. The first kappa shape index (κ1) is 13.6. The molecule has 0 radical (unpaired) electrons. The zero-order chi connectivity index (χ0) is 13.2. The number of carbonyl (C=O) groups excluding carboxylic acids is 2. The van der Waals surface area contributed by atoms with Crippen molar-refractivity contribution in [3.05, 3.63) is 0 Å². The summed E-state index contributed by atoms with van der Waals surface area (Å²) in [5.41, 5.74) is -0.485. The number of carboxylic acid groups (broad SMARTS) is 1. The van der Waals surface area contributed by atoms with Gasteiger partial charge in [0, 0.05) is 0 Å². The molecule has 1 fully saturated rings. The summed E-state index contributed by atoms with van der Waals surface area (Å²) in [5, 5.41) is 8.87. The Hall–Kier alpha value is -1.43. The second kappa shape index (κ2) is 4.83. The molecular weight excluding hydrogens is 226 g/mol. The molecule has 0 saturated carbocycles. The molecule has 0 aromatic heterocycles. The lowest BCUT2D eigenvalue weighted by atomic mass is 9.83. The van der Waals surface area contributed by atoms with Gasteiger partial charge in [-0.1, -0.05) is 20.8 Å². The molecule has 0 spiro atoms. The van der Waals surface area contributed by atoms with E-state index in [1.807, 2.05) is 0 Å². The van der Waals surface area contributed by atoms with Crippen LogP contribution in [0.15, 0.2) is 0 Å². The Kier molecular flexibility index (Phi) is 3.87. The van der Waals surface area contributed by atoms with E-state index in [1.54, 1.807) is 20.8 Å². The number of imide groups is 1. The summed E-state index contributed by atoms with van der Waals surface area (Å²) in [6, 6.07) is -0.649. The summed E-state index contributed by atoms with van der Waals surface area (Å²) in [7, 11) is 0. The van der Waals surface area contributed by atoms with Gasteiger partial charge in [0.2, 0.25) is 0 Å². The predicted octanol–water partition coefficient (Wildman–Crippen LogP) is 0.261. The molecule has 2 amide bonds. The molecule has 0 bridgehead atoms. The van der Waals surface area contributed by atoms with Crippen molar-refractivity contribution in [1.82, 2.24) is 4.90 Å². The highest BCUT2D eigenvalue weighted by Gasteiger charge is 2.40. The Balaban J connectivity index is 2.99. The third-order valence-electron chi connectivity index (χ3n) is 2.67. The van der Waals surface area contributed by atoms with E-state index < -0.39 is 29.2 Å². The molecule has 1 aliphatic heterocycles. The van der Waals surface area contributed by atoms with Crippen LogP contribution >= 0.6 is 0 Å². The van der Waals surface area contributed by atoms with Gasteiger partial charge in [-0.05, 0) is 5.41 Å². The van der Waals surface area contributed by atoms with Crippen LogP contribution in [-0.4, -0.2) is 47.0 Å². The summed E-state index contributed by atoms with van der Waals surface area (Å²) in [6.07, 6.45) is -0.249. The molecule has 96 valence electrons. The number of nitrogens with zero attached hydrogens (tertiary/aromatic N) is 1. The highest BCUT2D eigenvalue weighted by atomic mass is 16.5. The summed E-state index contributed by atoms with van der Waals surface area (Å²) < 4.78 is 4.80. The zero-order valence-electron chi connectivity index (χ0n) is 10.2. The monoisotopic (exact) mass is 243 g/mol. The Labute approximate surface area is 99.5 Å². The molecule has 17 heavy (non-hydrogen) atoms. The Morgan fingerprint density at radius 3 is 2.18 bits per heavy atom. The third kappa shape index (κ3) is 3.26. The molecule has 1 heterocycles. The number of carbonyl (C=O) groups is 3. The van der Waals surface area contributed by atoms with Crippen molar-refractivity contribution in [2.45, 2.75) is 33.2 Å². The normalized spacial score (nSPS) is 19.4. The topological polar surface area (TPSA) is 83.9 Å². The van der Waals surface area contributed by atoms with E-state index >= 15 is 0 Å². The van der Waals surface area contributed by atoms with Gasteiger partial charge in [0.1, 0.15) is 13.2 Å². The van der Waals surface area contributed by atoms with Gasteiger partial charge in [0.25, 0.3) is 11.8 Å². The van der Waals surface area contributed by atoms with Crippen LogP contribution in [0.3, 0.4) is 0 Å². The average molecular weight is 243 g/mol. The molecule has 0 aromatic rings. The maximum absolute atomic E-state index is 11.7. The van der Waals surface area contributed by atoms with Crippen LogP contribution in [0.4, 0.5) is 0 Å².